The van der Waals surface area contributed by atoms with Crippen molar-refractivity contribution >= 4 is 30.8 Å². The minimum absolute atomic E-state index is 0.0864. The third kappa shape index (κ3) is 2.32. The molecule has 0 unspecified atom stereocenters. The molecule has 2 aromatic carbocycles. The molecule has 1 radical (unpaired) electrons. The predicted molar refractivity (Wildman–Crippen MR) is 82.9 cm³/mol. The summed E-state index contributed by atoms with van der Waals surface area (Å²) in [6.07, 6.45) is 2.43. The van der Waals surface area contributed by atoms with Crippen molar-refractivity contribution in [1.29, 1.82) is 0 Å². The van der Waals surface area contributed by atoms with Crippen LogP contribution in [-0.4, -0.2) is 27.1 Å². The molecular weight excluding hydrogens is 322 g/mol. The molecule has 1 aromatic heterocycles. The van der Waals surface area contributed by atoms with Crippen LogP contribution in [0.1, 0.15) is 0 Å². The van der Waals surface area contributed by atoms with Crippen LogP contribution in [0.5, 0.6) is 0 Å². The zero-order valence-corrected chi connectivity index (χ0v) is 13.2. The van der Waals surface area contributed by atoms with Gasteiger partial charge in [-0.1, -0.05) is 24.3 Å². The second-order valence-corrected chi connectivity index (χ2v) is 8.61. The highest BCUT2D eigenvalue weighted by Gasteiger charge is 2.21. The van der Waals surface area contributed by atoms with E-state index in [2.05, 4.69) is 6.07 Å². The minimum atomic E-state index is -3.79. The van der Waals surface area contributed by atoms with Gasteiger partial charge in [0.05, 0.1) is 15.3 Å². The van der Waals surface area contributed by atoms with E-state index in [1.807, 2.05) is 0 Å². The van der Waals surface area contributed by atoms with Gasteiger partial charge < -0.3 is 0 Å². The van der Waals surface area contributed by atoms with Crippen molar-refractivity contribution in [3.8, 4) is 0 Å². The van der Waals surface area contributed by atoms with Crippen LogP contribution in [-0.2, 0) is 19.9 Å². The smallest absolute Gasteiger partial charge is 0.240 e. The Bertz CT molecular complexity index is 1050. The second kappa shape index (κ2) is 4.96. The molecule has 0 N–H and O–H groups in total. The van der Waals surface area contributed by atoms with E-state index in [0.29, 0.717) is 5.39 Å². The summed E-state index contributed by atoms with van der Waals surface area (Å²) in [6.45, 7) is 0. The molecule has 0 aliphatic rings. The van der Waals surface area contributed by atoms with Gasteiger partial charge in [0.2, 0.25) is 0 Å². The second-order valence-electron chi connectivity index (χ2n) is 4.81. The van der Waals surface area contributed by atoms with Crippen LogP contribution in [0.2, 0.25) is 0 Å². The van der Waals surface area contributed by atoms with Crippen LogP contribution < -0.4 is 0 Å². The molecule has 0 spiro atoms. The maximum atomic E-state index is 12.7. The number of fused-ring (bicyclic) bond motifs is 1. The lowest BCUT2D eigenvalue weighted by Crippen LogP contribution is -2.11. The fraction of sp³-hybridized carbons (Fsp3) is 0.0667. The Balaban J connectivity index is 2.31. The Labute approximate surface area is 128 Å². The SMILES string of the molecule is CS(=O)(=O)c1cc[c]c2c1ccn2S(=O)(=O)c1ccccc1. The van der Waals surface area contributed by atoms with Crippen LogP contribution in [0.3, 0.4) is 0 Å². The quantitative estimate of drug-likeness (QED) is 0.735. The van der Waals surface area contributed by atoms with Crippen LogP contribution in [0.15, 0.2) is 64.5 Å². The lowest BCUT2D eigenvalue weighted by Gasteiger charge is -2.08. The molecule has 7 heteroatoms. The number of hydrogen-bond donors (Lipinski definition) is 0. The molecule has 22 heavy (non-hydrogen) atoms. The number of rotatable bonds is 3. The standard InChI is InChI=1S/C15H12NO4S2/c1-21(17,18)15-9-5-8-14-13(15)10-11-16(14)22(19,20)12-6-3-2-4-7-12/h2-7,9-11H,1H3. The molecule has 1 heterocycles. The third-order valence-corrected chi connectivity index (χ3v) is 6.12. The van der Waals surface area contributed by atoms with E-state index >= 15 is 0 Å². The lowest BCUT2D eigenvalue weighted by molar-refractivity contribution is 0.588. The zero-order chi connectivity index (χ0) is 16.0. The first-order valence-electron chi connectivity index (χ1n) is 6.34. The first-order valence-corrected chi connectivity index (χ1v) is 9.67. The van der Waals surface area contributed by atoms with Gasteiger partial charge in [0, 0.05) is 23.9 Å². The van der Waals surface area contributed by atoms with Gasteiger partial charge >= 0.3 is 0 Å². The highest BCUT2D eigenvalue weighted by Crippen LogP contribution is 2.26. The Morgan fingerprint density at radius 1 is 0.955 bits per heavy atom. The summed E-state index contributed by atoms with van der Waals surface area (Å²) in [4.78, 5) is 0.217. The molecule has 0 aliphatic carbocycles. The summed E-state index contributed by atoms with van der Waals surface area (Å²) in [7, 11) is -7.25. The summed E-state index contributed by atoms with van der Waals surface area (Å²) < 4.78 is 50.0. The lowest BCUT2D eigenvalue weighted by atomic mass is 10.2. The Hall–Kier alpha value is -2.12. The number of benzene rings is 2. The van der Waals surface area contributed by atoms with Crippen molar-refractivity contribution < 1.29 is 16.8 Å². The van der Waals surface area contributed by atoms with Crippen molar-refractivity contribution in [2.45, 2.75) is 9.79 Å². The maximum absolute atomic E-state index is 12.7. The van der Waals surface area contributed by atoms with Crippen molar-refractivity contribution in [2.24, 2.45) is 0 Å². The summed E-state index contributed by atoms with van der Waals surface area (Å²) in [5.41, 5.74) is 0.215. The molecule has 0 saturated heterocycles. The topological polar surface area (TPSA) is 73.2 Å². The van der Waals surface area contributed by atoms with Crippen molar-refractivity contribution in [2.75, 3.05) is 6.26 Å². The molecule has 0 fully saturated rings. The Morgan fingerprint density at radius 2 is 1.64 bits per heavy atom. The fourth-order valence-electron chi connectivity index (χ4n) is 2.27. The van der Waals surface area contributed by atoms with Gasteiger partial charge in [0.15, 0.2) is 9.84 Å². The predicted octanol–water partition coefficient (Wildman–Crippen LogP) is 2.08. The average Bonchev–Trinajstić information content (AvgIpc) is 2.91. The summed E-state index contributed by atoms with van der Waals surface area (Å²) in [5, 5.41) is 0.338. The summed E-state index contributed by atoms with van der Waals surface area (Å²) >= 11 is 0. The Kier molecular flexibility index (Phi) is 3.34. The molecule has 5 nitrogen and oxygen atoms in total. The minimum Gasteiger partial charge on any atom is -0.240 e. The third-order valence-electron chi connectivity index (χ3n) is 3.27. The number of sulfone groups is 1. The molecular formula is C15H12NO4S2. The van der Waals surface area contributed by atoms with E-state index in [4.69, 9.17) is 0 Å². The summed E-state index contributed by atoms with van der Waals surface area (Å²) in [5.74, 6) is 0. The molecule has 3 rings (SSSR count). The number of hydrogen-bond acceptors (Lipinski definition) is 4. The first-order chi connectivity index (χ1) is 10.3. The first kappa shape index (κ1) is 14.8. The molecule has 0 bridgehead atoms. The van der Waals surface area contributed by atoms with E-state index in [1.165, 1.54) is 36.5 Å². The van der Waals surface area contributed by atoms with E-state index in [9.17, 15) is 16.8 Å². The number of aromatic nitrogens is 1. The van der Waals surface area contributed by atoms with Crippen molar-refractivity contribution in [1.82, 2.24) is 3.97 Å². The van der Waals surface area contributed by atoms with Gasteiger partial charge in [-0.2, -0.15) is 0 Å². The van der Waals surface area contributed by atoms with Crippen LogP contribution >= 0.6 is 0 Å². The van der Waals surface area contributed by atoms with Crippen molar-refractivity contribution in [3.63, 3.8) is 0 Å². The van der Waals surface area contributed by atoms with Gasteiger partial charge in [-0.15, -0.1) is 0 Å². The maximum Gasteiger partial charge on any atom is 0.268 e. The highest BCUT2D eigenvalue weighted by molar-refractivity contribution is 7.91. The van der Waals surface area contributed by atoms with Crippen LogP contribution in [0.4, 0.5) is 0 Å². The van der Waals surface area contributed by atoms with Gasteiger partial charge in [-0.3, -0.25) is 0 Å². The van der Waals surface area contributed by atoms with Gasteiger partial charge in [-0.25, -0.2) is 20.8 Å². The zero-order valence-electron chi connectivity index (χ0n) is 11.6. The molecule has 0 amide bonds. The van der Waals surface area contributed by atoms with Gasteiger partial charge in [0.1, 0.15) is 0 Å². The van der Waals surface area contributed by atoms with E-state index in [1.54, 1.807) is 18.2 Å². The molecule has 0 atom stereocenters. The highest BCUT2D eigenvalue weighted by atomic mass is 32.2. The van der Waals surface area contributed by atoms with Crippen LogP contribution in [0, 0.1) is 6.07 Å². The van der Waals surface area contributed by atoms with Gasteiger partial charge in [0.25, 0.3) is 10.0 Å². The van der Waals surface area contributed by atoms with E-state index in [0.717, 1.165) is 10.2 Å². The normalized spacial score (nSPS) is 12.6. The number of nitrogens with zero attached hydrogens (tertiary/aromatic N) is 1. The average molecular weight is 334 g/mol. The van der Waals surface area contributed by atoms with E-state index in [-0.39, 0.29) is 15.3 Å². The summed E-state index contributed by atoms with van der Waals surface area (Å²) in [6, 6.07) is 15.1. The molecule has 3 aromatic rings. The molecule has 113 valence electrons. The van der Waals surface area contributed by atoms with Crippen LogP contribution in [0.25, 0.3) is 10.9 Å². The largest absolute Gasteiger partial charge is 0.268 e. The Morgan fingerprint density at radius 3 is 2.27 bits per heavy atom. The molecule has 0 saturated carbocycles. The van der Waals surface area contributed by atoms with Gasteiger partial charge in [-0.05, 0) is 24.3 Å². The van der Waals surface area contributed by atoms with E-state index < -0.39 is 19.9 Å². The van der Waals surface area contributed by atoms with Crippen molar-refractivity contribution in [3.05, 3.63) is 60.8 Å². The monoisotopic (exact) mass is 334 g/mol. The molecule has 0 aliphatic heterocycles. The fourth-order valence-corrected chi connectivity index (χ4v) is 4.49.